The first-order valence-electron chi connectivity index (χ1n) is 6.63. The third-order valence-corrected chi connectivity index (χ3v) is 4.53. The van der Waals surface area contributed by atoms with E-state index >= 15 is 0 Å². The van der Waals surface area contributed by atoms with Crippen LogP contribution in [0.4, 0.5) is 5.82 Å². The predicted octanol–water partition coefficient (Wildman–Crippen LogP) is 3.50. The fraction of sp³-hybridized carbons (Fsp3) is 0.571. The van der Waals surface area contributed by atoms with Crippen LogP contribution in [0, 0.1) is 17.8 Å². The maximum atomic E-state index is 12.0. The zero-order valence-electron chi connectivity index (χ0n) is 10.2. The van der Waals surface area contributed by atoms with Crippen LogP contribution in [-0.4, -0.2) is 10.9 Å². The van der Waals surface area contributed by atoms with Gasteiger partial charge in [0.25, 0.3) is 0 Å². The summed E-state index contributed by atoms with van der Waals surface area (Å²) in [6, 6.07) is 5.26. The summed E-state index contributed by atoms with van der Waals surface area (Å²) in [5.74, 6) is 2.88. The summed E-state index contributed by atoms with van der Waals surface area (Å²) in [5.41, 5.74) is 0. The summed E-state index contributed by atoms with van der Waals surface area (Å²) >= 11 is 5.79. The third kappa shape index (κ3) is 2.51. The van der Waals surface area contributed by atoms with Crippen molar-refractivity contribution in [2.75, 3.05) is 5.32 Å². The molecular formula is C14H17ClN2O. The maximum Gasteiger partial charge on any atom is 0.225 e. The van der Waals surface area contributed by atoms with E-state index in [2.05, 4.69) is 10.3 Å². The van der Waals surface area contributed by atoms with Crippen molar-refractivity contribution in [3.63, 3.8) is 0 Å². The quantitative estimate of drug-likeness (QED) is 0.849. The number of pyridine rings is 1. The summed E-state index contributed by atoms with van der Waals surface area (Å²) in [5, 5.41) is 3.24. The van der Waals surface area contributed by atoms with E-state index in [9.17, 15) is 4.79 Å². The van der Waals surface area contributed by atoms with Crippen molar-refractivity contribution in [3.8, 4) is 0 Å². The van der Waals surface area contributed by atoms with Crippen molar-refractivity contribution in [3.05, 3.63) is 23.4 Å². The molecular weight excluding hydrogens is 248 g/mol. The molecule has 2 fully saturated rings. The summed E-state index contributed by atoms with van der Waals surface area (Å²) < 4.78 is 0. The number of aromatic nitrogens is 1. The van der Waals surface area contributed by atoms with E-state index in [1.807, 2.05) is 0 Å². The third-order valence-electron chi connectivity index (χ3n) is 4.31. The highest BCUT2D eigenvalue weighted by molar-refractivity contribution is 6.29. The van der Waals surface area contributed by atoms with Crippen LogP contribution in [0.15, 0.2) is 18.2 Å². The van der Waals surface area contributed by atoms with Gasteiger partial charge < -0.3 is 5.32 Å². The average Bonchev–Trinajstić information content (AvgIpc) is 2.90. The monoisotopic (exact) mass is 264 g/mol. The van der Waals surface area contributed by atoms with Crippen LogP contribution < -0.4 is 5.32 Å². The Bertz CT molecular complexity index is 463. The molecule has 96 valence electrons. The average molecular weight is 265 g/mol. The second kappa shape index (κ2) is 4.88. The lowest BCUT2D eigenvalue weighted by molar-refractivity contribution is -0.117. The molecule has 1 amide bonds. The van der Waals surface area contributed by atoms with Gasteiger partial charge in [0.15, 0.2) is 0 Å². The molecule has 3 nitrogen and oxygen atoms in total. The van der Waals surface area contributed by atoms with Crippen LogP contribution >= 0.6 is 11.6 Å². The largest absolute Gasteiger partial charge is 0.311 e. The molecule has 1 heterocycles. The van der Waals surface area contributed by atoms with E-state index in [1.54, 1.807) is 18.2 Å². The molecule has 0 radical (unpaired) electrons. The fourth-order valence-corrected chi connectivity index (χ4v) is 3.70. The molecule has 1 N–H and O–H groups in total. The fourth-order valence-electron chi connectivity index (χ4n) is 3.54. The molecule has 1 aromatic rings. The lowest BCUT2D eigenvalue weighted by Gasteiger charge is -2.20. The van der Waals surface area contributed by atoms with Gasteiger partial charge in [-0.2, -0.15) is 0 Å². The lowest BCUT2D eigenvalue weighted by Crippen LogP contribution is -2.20. The van der Waals surface area contributed by atoms with Crippen molar-refractivity contribution in [2.24, 2.45) is 17.8 Å². The van der Waals surface area contributed by atoms with Crippen LogP contribution in [0.5, 0.6) is 0 Å². The molecule has 1 aromatic heterocycles. The van der Waals surface area contributed by atoms with Crippen molar-refractivity contribution in [1.82, 2.24) is 4.98 Å². The van der Waals surface area contributed by atoms with E-state index in [-0.39, 0.29) is 5.91 Å². The van der Waals surface area contributed by atoms with Crippen LogP contribution in [0.1, 0.15) is 32.1 Å². The van der Waals surface area contributed by atoms with Gasteiger partial charge in [-0.1, -0.05) is 24.1 Å². The predicted molar refractivity (Wildman–Crippen MR) is 71.4 cm³/mol. The van der Waals surface area contributed by atoms with Crippen LogP contribution in [0.3, 0.4) is 0 Å². The number of halogens is 1. The minimum Gasteiger partial charge on any atom is -0.311 e. The van der Waals surface area contributed by atoms with E-state index in [0.717, 1.165) is 11.8 Å². The second-order valence-corrected chi connectivity index (χ2v) is 5.92. The summed E-state index contributed by atoms with van der Waals surface area (Å²) in [4.78, 5) is 16.0. The van der Waals surface area contributed by atoms with Gasteiger partial charge >= 0.3 is 0 Å². The van der Waals surface area contributed by atoms with E-state index in [1.165, 1.54) is 25.7 Å². The van der Waals surface area contributed by atoms with Gasteiger partial charge in [0.2, 0.25) is 5.91 Å². The number of nitrogens with zero attached hydrogens (tertiary/aromatic N) is 1. The minimum atomic E-state index is 0.0716. The van der Waals surface area contributed by atoms with Crippen molar-refractivity contribution < 1.29 is 4.79 Å². The van der Waals surface area contributed by atoms with Crippen LogP contribution in [0.2, 0.25) is 5.15 Å². The number of carbonyl (C=O) groups is 1. The van der Waals surface area contributed by atoms with Crippen molar-refractivity contribution >= 4 is 23.3 Å². The first-order chi connectivity index (χ1) is 8.70. The number of fused-ring (bicyclic) bond motifs is 2. The number of anilines is 1. The minimum absolute atomic E-state index is 0.0716. The molecule has 3 rings (SSSR count). The lowest BCUT2D eigenvalue weighted by atomic mass is 9.86. The first kappa shape index (κ1) is 12.0. The molecule has 3 atom stereocenters. The Kier molecular flexibility index (Phi) is 3.25. The molecule has 2 aliphatic carbocycles. The van der Waals surface area contributed by atoms with Gasteiger partial charge in [-0.3, -0.25) is 4.79 Å². The molecule has 2 aliphatic rings. The van der Waals surface area contributed by atoms with Crippen molar-refractivity contribution in [2.45, 2.75) is 32.1 Å². The molecule has 0 spiro atoms. The second-order valence-electron chi connectivity index (χ2n) is 5.53. The summed E-state index contributed by atoms with van der Waals surface area (Å²) in [6.45, 7) is 0. The molecule has 18 heavy (non-hydrogen) atoms. The number of rotatable bonds is 3. The zero-order chi connectivity index (χ0) is 12.5. The van der Waals surface area contributed by atoms with E-state index in [4.69, 9.17) is 11.6 Å². The molecule has 0 aromatic carbocycles. The molecule has 4 heteroatoms. The number of hydrogen-bond donors (Lipinski definition) is 1. The van der Waals surface area contributed by atoms with Gasteiger partial charge in [0, 0.05) is 6.42 Å². The molecule has 0 saturated heterocycles. The number of carbonyl (C=O) groups excluding carboxylic acids is 1. The van der Waals surface area contributed by atoms with E-state index < -0.39 is 0 Å². The zero-order valence-corrected chi connectivity index (χ0v) is 11.0. The Morgan fingerprint density at radius 2 is 2.28 bits per heavy atom. The SMILES string of the molecule is O=C(CC1CC2CCC1C2)Nc1cccc(Cl)n1. The highest BCUT2D eigenvalue weighted by Crippen LogP contribution is 2.49. The standard InChI is InChI=1S/C14H17ClN2O/c15-12-2-1-3-13(16-12)17-14(18)8-11-7-9-4-5-10(11)6-9/h1-3,9-11H,4-8H2,(H,16,17,18). The highest BCUT2D eigenvalue weighted by Gasteiger charge is 2.40. The van der Waals surface area contributed by atoms with E-state index in [0.29, 0.717) is 23.3 Å². The smallest absolute Gasteiger partial charge is 0.225 e. The Hall–Kier alpha value is -1.09. The maximum absolute atomic E-state index is 12.0. The highest BCUT2D eigenvalue weighted by atomic mass is 35.5. The van der Waals surface area contributed by atoms with Crippen molar-refractivity contribution in [1.29, 1.82) is 0 Å². The number of amides is 1. The Labute approximate surface area is 112 Å². The normalized spacial score (nSPS) is 29.5. The topological polar surface area (TPSA) is 42.0 Å². The first-order valence-corrected chi connectivity index (χ1v) is 7.01. The van der Waals surface area contributed by atoms with Crippen LogP contribution in [-0.2, 0) is 4.79 Å². The van der Waals surface area contributed by atoms with Crippen LogP contribution in [0.25, 0.3) is 0 Å². The Balaban J connectivity index is 1.56. The Morgan fingerprint density at radius 3 is 2.94 bits per heavy atom. The number of nitrogens with one attached hydrogen (secondary N) is 1. The molecule has 2 bridgehead atoms. The Morgan fingerprint density at radius 1 is 1.39 bits per heavy atom. The summed E-state index contributed by atoms with van der Waals surface area (Å²) in [7, 11) is 0. The molecule has 3 unspecified atom stereocenters. The van der Waals surface area contributed by atoms with Gasteiger partial charge in [-0.05, 0) is 49.1 Å². The van der Waals surface area contributed by atoms with Gasteiger partial charge in [0.05, 0.1) is 0 Å². The molecule has 2 saturated carbocycles. The van der Waals surface area contributed by atoms with Gasteiger partial charge in [-0.15, -0.1) is 0 Å². The van der Waals surface area contributed by atoms with Gasteiger partial charge in [0.1, 0.15) is 11.0 Å². The number of hydrogen-bond acceptors (Lipinski definition) is 2. The van der Waals surface area contributed by atoms with Gasteiger partial charge in [-0.25, -0.2) is 4.98 Å². The summed E-state index contributed by atoms with van der Waals surface area (Å²) in [6.07, 6.45) is 5.90. The molecule has 0 aliphatic heterocycles.